The van der Waals surface area contributed by atoms with Crippen molar-refractivity contribution in [2.24, 2.45) is 5.92 Å². The summed E-state index contributed by atoms with van der Waals surface area (Å²) in [7, 11) is 1.61. The third-order valence-corrected chi connectivity index (χ3v) is 4.86. The molecule has 3 rings (SSSR count). The molecule has 2 aliphatic heterocycles. The molecule has 0 spiro atoms. The maximum atomic E-state index is 12.5. The lowest BCUT2D eigenvalue weighted by atomic mass is 9.98. The molecule has 2 saturated heterocycles. The van der Waals surface area contributed by atoms with Crippen LogP contribution in [0.3, 0.4) is 0 Å². The van der Waals surface area contributed by atoms with E-state index in [2.05, 4.69) is 5.32 Å². The van der Waals surface area contributed by atoms with Crippen molar-refractivity contribution in [1.82, 2.24) is 15.1 Å². The highest BCUT2D eigenvalue weighted by Crippen LogP contribution is 2.17. The van der Waals surface area contributed by atoms with Crippen molar-refractivity contribution in [3.05, 3.63) is 29.8 Å². The Morgan fingerprint density at radius 1 is 1.08 bits per heavy atom. The van der Waals surface area contributed by atoms with Crippen LogP contribution >= 0.6 is 0 Å². The normalized spacial score (nSPS) is 21.5. The number of rotatable bonds is 3. The van der Waals surface area contributed by atoms with Crippen molar-refractivity contribution in [2.75, 3.05) is 46.4 Å². The predicted molar refractivity (Wildman–Crippen MR) is 91.1 cm³/mol. The number of piperazine rings is 1. The summed E-state index contributed by atoms with van der Waals surface area (Å²) in [5.74, 6) is 1.09. The highest BCUT2D eigenvalue weighted by Gasteiger charge is 2.29. The van der Waals surface area contributed by atoms with Gasteiger partial charge in [0.1, 0.15) is 5.75 Å². The number of carbonyl (C=O) groups is 2. The second kappa shape index (κ2) is 7.66. The quantitative estimate of drug-likeness (QED) is 0.897. The van der Waals surface area contributed by atoms with E-state index in [0.717, 1.165) is 31.7 Å². The number of methoxy groups -OCH3 is 1. The molecule has 2 aliphatic rings. The molecular formula is C18H25N3O3. The van der Waals surface area contributed by atoms with Crippen molar-refractivity contribution in [2.45, 2.75) is 12.8 Å². The first-order chi connectivity index (χ1) is 11.7. The van der Waals surface area contributed by atoms with E-state index in [-0.39, 0.29) is 17.7 Å². The summed E-state index contributed by atoms with van der Waals surface area (Å²) in [4.78, 5) is 28.8. The molecule has 6 nitrogen and oxygen atoms in total. The zero-order valence-corrected chi connectivity index (χ0v) is 14.2. The summed E-state index contributed by atoms with van der Waals surface area (Å²) < 4.78 is 5.12. The fraction of sp³-hybridized carbons (Fsp3) is 0.556. The Kier molecular flexibility index (Phi) is 5.35. The Hall–Kier alpha value is -2.08. The van der Waals surface area contributed by atoms with Crippen molar-refractivity contribution < 1.29 is 14.3 Å². The van der Waals surface area contributed by atoms with Gasteiger partial charge >= 0.3 is 0 Å². The van der Waals surface area contributed by atoms with Crippen LogP contribution in [-0.4, -0.2) is 68.0 Å². The smallest absolute Gasteiger partial charge is 0.253 e. The molecule has 1 unspecified atom stereocenters. The topological polar surface area (TPSA) is 61.9 Å². The van der Waals surface area contributed by atoms with Crippen molar-refractivity contribution >= 4 is 11.8 Å². The van der Waals surface area contributed by atoms with Crippen LogP contribution in [0.2, 0.25) is 0 Å². The van der Waals surface area contributed by atoms with Gasteiger partial charge in [0.2, 0.25) is 5.91 Å². The molecule has 0 saturated carbocycles. The van der Waals surface area contributed by atoms with Crippen LogP contribution < -0.4 is 10.1 Å². The van der Waals surface area contributed by atoms with Crippen molar-refractivity contribution in [3.8, 4) is 5.75 Å². The summed E-state index contributed by atoms with van der Waals surface area (Å²) in [5, 5.41) is 3.29. The third-order valence-electron chi connectivity index (χ3n) is 4.86. The zero-order valence-electron chi connectivity index (χ0n) is 14.2. The van der Waals surface area contributed by atoms with Crippen LogP contribution in [0.1, 0.15) is 23.2 Å². The predicted octanol–water partition coefficient (Wildman–Crippen LogP) is 0.979. The van der Waals surface area contributed by atoms with E-state index in [1.807, 2.05) is 9.80 Å². The Labute approximate surface area is 142 Å². The molecule has 2 fully saturated rings. The number of amides is 2. The van der Waals surface area contributed by atoms with E-state index in [0.29, 0.717) is 31.7 Å². The number of nitrogens with one attached hydrogen (secondary N) is 1. The zero-order chi connectivity index (χ0) is 16.9. The Morgan fingerprint density at radius 3 is 2.33 bits per heavy atom. The number of nitrogens with zero attached hydrogens (tertiary/aromatic N) is 2. The maximum Gasteiger partial charge on any atom is 0.253 e. The second-order valence-corrected chi connectivity index (χ2v) is 6.39. The van der Waals surface area contributed by atoms with Gasteiger partial charge in [-0.25, -0.2) is 0 Å². The Morgan fingerprint density at radius 2 is 1.75 bits per heavy atom. The van der Waals surface area contributed by atoms with Crippen LogP contribution in [0.4, 0.5) is 0 Å². The molecule has 0 aliphatic carbocycles. The Balaban J connectivity index is 1.54. The summed E-state index contributed by atoms with van der Waals surface area (Å²) in [6.45, 7) is 4.22. The SMILES string of the molecule is COc1ccc(C(=O)N2CCN(C(=O)C3CCCNC3)CC2)cc1. The van der Waals surface area contributed by atoms with Gasteiger partial charge in [-0.1, -0.05) is 0 Å². The van der Waals surface area contributed by atoms with E-state index in [9.17, 15) is 9.59 Å². The maximum absolute atomic E-state index is 12.5. The molecule has 1 N–H and O–H groups in total. The van der Waals surface area contributed by atoms with Gasteiger partial charge in [-0.3, -0.25) is 9.59 Å². The molecule has 6 heteroatoms. The molecule has 2 amide bonds. The number of benzene rings is 1. The minimum atomic E-state index is 0.0177. The minimum absolute atomic E-state index is 0.0177. The standard InChI is InChI=1S/C18H25N3O3/c1-24-16-6-4-14(5-7-16)17(22)20-9-11-21(12-10-20)18(23)15-3-2-8-19-13-15/h4-7,15,19H,2-3,8-13H2,1H3. The highest BCUT2D eigenvalue weighted by molar-refractivity contribution is 5.94. The molecule has 24 heavy (non-hydrogen) atoms. The largest absolute Gasteiger partial charge is 0.497 e. The number of hydrogen-bond donors (Lipinski definition) is 1. The average Bonchev–Trinajstić information content (AvgIpc) is 2.68. The molecule has 1 aromatic rings. The van der Waals surface area contributed by atoms with Crippen LogP contribution in [-0.2, 0) is 4.79 Å². The van der Waals surface area contributed by atoms with Gasteiger partial charge in [0.25, 0.3) is 5.91 Å². The lowest BCUT2D eigenvalue weighted by Gasteiger charge is -2.37. The highest BCUT2D eigenvalue weighted by atomic mass is 16.5. The van der Waals surface area contributed by atoms with Crippen molar-refractivity contribution in [3.63, 3.8) is 0 Å². The van der Waals surface area contributed by atoms with Gasteiger partial charge in [-0.05, 0) is 43.7 Å². The minimum Gasteiger partial charge on any atom is -0.497 e. The van der Waals surface area contributed by atoms with Crippen molar-refractivity contribution in [1.29, 1.82) is 0 Å². The molecule has 1 aromatic carbocycles. The van der Waals surface area contributed by atoms with Gasteiger partial charge < -0.3 is 19.9 Å². The molecular weight excluding hydrogens is 306 g/mol. The molecule has 0 bridgehead atoms. The first-order valence-corrected chi connectivity index (χ1v) is 8.62. The first-order valence-electron chi connectivity index (χ1n) is 8.62. The van der Waals surface area contributed by atoms with E-state index < -0.39 is 0 Å². The first kappa shape index (κ1) is 16.8. The van der Waals surface area contributed by atoms with E-state index in [4.69, 9.17) is 4.74 Å². The molecule has 1 atom stereocenters. The van der Waals surface area contributed by atoms with E-state index >= 15 is 0 Å². The number of piperidine rings is 1. The molecule has 0 radical (unpaired) electrons. The van der Waals surface area contributed by atoms with Gasteiger partial charge in [0.15, 0.2) is 0 Å². The van der Waals surface area contributed by atoms with Gasteiger partial charge in [0.05, 0.1) is 13.0 Å². The fourth-order valence-electron chi connectivity index (χ4n) is 3.37. The monoisotopic (exact) mass is 331 g/mol. The fourth-order valence-corrected chi connectivity index (χ4v) is 3.37. The third kappa shape index (κ3) is 3.70. The number of ether oxygens (including phenoxy) is 1. The van der Waals surface area contributed by atoms with Gasteiger partial charge in [-0.15, -0.1) is 0 Å². The number of hydrogen-bond acceptors (Lipinski definition) is 4. The second-order valence-electron chi connectivity index (χ2n) is 6.39. The molecule has 2 heterocycles. The summed E-state index contributed by atoms with van der Waals surface area (Å²) in [5.41, 5.74) is 0.659. The Bertz CT molecular complexity index is 574. The van der Waals surface area contributed by atoms with Gasteiger partial charge in [-0.2, -0.15) is 0 Å². The van der Waals surface area contributed by atoms with E-state index in [1.165, 1.54) is 0 Å². The summed E-state index contributed by atoms with van der Waals surface area (Å²) in [6.07, 6.45) is 2.03. The van der Waals surface area contributed by atoms with E-state index in [1.54, 1.807) is 31.4 Å². The lowest BCUT2D eigenvalue weighted by Crippen LogP contribution is -2.53. The van der Waals surface area contributed by atoms with Crippen LogP contribution in [0, 0.1) is 5.92 Å². The van der Waals surface area contributed by atoms with Crippen LogP contribution in [0.15, 0.2) is 24.3 Å². The van der Waals surface area contributed by atoms with Crippen LogP contribution in [0.25, 0.3) is 0 Å². The molecule has 0 aromatic heterocycles. The number of carbonyl (C=O) groups excluding carboxylic acids is 2. The summed E-state index contributed by atoms with van der Waals surface area (Å²) >= 11 is 0. The molecule has 130 valence electrons. The average molecular weight is 331 g/mol. The van der Waals surface area contributed by atoms with Crippen LogP contribution in [0.5, 0.6) is 5.75 Å². The summed E-state index contributed by atoms with van der Waals surface area (Å²) in [6, 6.07) is 7.16. The lowest BCUT2D eigenvalue weighted by molar-refractivity contribution is -0.137. The van der Waals surface area contributed by atoms with Gasteiger partial charge in [0, 0.05) is 38.3 Å².